The minimum Gasteiger partial charge on any atom is -0.487 e. The Labute approximate surface area is 133 Å². The minimum atomic E-state index is 0.126. The summed E-state index contributed by atoms with van der Waals surface area (Å²) in [5.41, 5.74) is 8.01. The molecule has 0 saturated heterocycles. The fraction of sp³-hybridized carbons (Fsp3) is 0.250. The molecule has 0 aliphatic heterocycles. The van der Waals surface area contributed by atoms with E-state index in [1.54, 1.807) is 0 Å². The molecule has 0 aliphatic rings. The SMILES string of the molecule is CC(N)Cc1ccc(OCc2ccc(Br)cc2)c(Cl)c1. The van der Waals surface area contributed by atoms with E-state index in [1.165, 1.54) is 0 Å². The quantitative estimate of drug-likeness (QED) is 0.853. The Morgan fingerprint density at radius 3 is 2.40 bits per heavy atom. The van der Waals surface area contributed by atoms with Crippen LogP contribution in [0.15, 0.2) is 46.9 Å². The molecule has 2 aromatic rings. The third kappa shape index (κ3) is 4.51. The van der Waals surface area contributed by atoms with Crippen LogP contribution in [0.5, 0.6) is 5.75 Å². The van der Waals surface area contributed by atoms with Gasteiger partial charge < -0.3 is 10.5 Å². The van der Waals surface area contributed by atoms with Gasteiger partial charge in [0, 0.05) is 10.5 Å². The summed E-state index contributed by atoms with van der Waals surface area (Å²) in [7, 11) is 0. The van der Waals surface area contributed by atoms with Gasteiger partial charge in [0.15, 0.2) is 0 Å². The van der Waals surface area contributed by atoms with Crippen molar-refractivity contribution in [1.82, 2.24) is 0 Å². The smallest absolute Gasteiger partial charge is 0.138 e. The van der Waals surface area contributed by atoms with Gasteiger partial charge in [0.2, 0.25) is 0 Å². The maximum atomic E-state index is 6.23. The van der Waals surface area contributed by atoms with E-state index >= 15 is 0 Å². The summed E-state index contributed by atoms with van der Waals surface area (Å²) >= 11 is 9.64. The zero-order valence-corrected chi connectivity index (χ0v) is 13.6. The molecule has 0 bridgehead atoms. The number of nitrogens with two attached hydrogens (primary N) is 1. The van der Waals surface area contributed by atoms with Gasteiger partial charge in [0.05, 0.1) is 5.02 Å². The van der Waals surface area contributed by atoms with Gasteiger partial charge in [-0.15, -0.1) is 0 Å². The number of rotatable bonds is 5. The molecule has 0 spiro atoms. The first-order valence-corrected chi connectivity index (χ1v) is 7.63. The normalized spacial score (nSPS) is 12.2. The van der Waals surface area contributed by atoms with E-state index in [-0.39, 0.29) is 6.04 Å². The van der Waals surface area contributed by atoms with Crippen molar-refractivity contribution in [3.63, 3.8) is 0 Å². The van der Waals surface area contributed by atoms with Crippen LogP contribution in [-0.4, -0.2) is 6.04 Å². The monoisotopic (exact) mass is 353 g/mol. The average molecular weight is 355 g/mol. The lowest BCUT2D eigenvalue weighted by Gasteiger charge is -2.11. The summed E-state index contributed by atoms with van der Waals surface area (Å²) in [4.78, 5) is 0. The van der Waals surface area contributed by atoms with Crippen molar-refractivity contribution in [2.24, 2.45) is 5.73 Å². The molecular formula is C16H17BrClNO. The van der Waals surface area contributed by atoms with Gasteiger partial charge in [-0.3, -0.25) is 0 Å². The topological polar surface area (TPSA) is 35.2 Å². The maximum absolute atomic E-state index is 6.23. The first kappa shape index (κ1) is 15.4. The van der Waals surface area contributed by atoms with Crippen LogP contribution in [0.25, 0.3) is 0 Å². The highest BCUT2D eigenvalue weighted by Gasteiger charge is 2.05. The second kappa shape index (κ2) is 7.11. The molecular weight excluding hydrogens is 338 g/mol. The summed E-state index contributed by atoms with van der Waals surface area (Å²) in [6.45, 7) is 2.48. The third-order valence-corrected chi connectivity index (χ3v) is 3.69. The summed E-state index contributed by atoms with van der Waals surface area (Å²) in [6.07, 6.45) is 0.812. The van der Waals surface area contributed by atoms with Crippen molar-refractivity contribution < 1.29 is 4.74 Å². The number of ether oxygens (including phenoxy) is 1. The predicted molar refractivity (Wildman–Crippen MR) is 87.3 cm³/mol. The molecule has 4 heteroatoms. The fourth-order valence-electron chi connectivity index (χ4n) is 1.90. The highest BCUT2D eigenvalue weighted by molar-refractivity contribution is 9.10. The van der Waals surface area contributed by atoms with Crippen LogP contribution in [0, 0.1) is 0 Å². The Kier molecular flexibility index (Phi) is 5.46. The molecule has 1 atom stereocenters. The first-order valence-electron chi connectivity index (χ1n) is 6.46. The van der Waals surface area contributed by atoms with Gasteiger partial charge in [0.1, 0.15) is 12.4 Å². The summed E-state index contributed by atoms with van der Waals surface area (Å²) < 4.78 is 6.80. The third-order valence-electron chi connectivity index (χ3n) is 2.86. The van der Waals surface area contributed by atoms with Crippen molar-refractivity contribution in [1.29, 1.82) is 0 Å². The Hall–Kier alpha value is -1.03. The van der Waals surface area contributed by atoms with Crippen LogP contribution in [0.4, 0.5) is 0 Å². The largest absolute Gasteiger partial charge is 0.487 e. The molecule has 0 saturated carbocycles. The lowest BCUT2D eigenvalue weighted by atomic mass is 10.1. The molecule has 2 aromatic carbocycles. The lowest BCUT2D eigenvalue weighted by molar-refractivity contribution is 0.306. The van der Waals surface area contributed by atoms with Crippen molar-refractivity contribution in [2.75, 3.05) is 0 Å². The second-order valence-electron chi connectivity index (χ2n) is 4.86. The van der Waals surface area contributed by atoms with E-state index in [2.05, 4.69) is 15.9 Å². The molecule has 2 nitrogen and oxygen atoms in total. The van der Waals surface area contributed by atoms with Gasteiger partial charge in [0.25, 0.3) is 0 Å². The number of benzene rings is 2. The van der Waals surface area contributed by atoms with Crippen LogP contribution in [0.1, 0.15) is 18.1 Å². The summed E-state index contributed by atoms with van der Waals surface area (Å²) in [6, 6.07) is 14.0. The van der Waals surface area contributed by atoms with Crippen LogP contribution in [0.2, 0.25) is 5.02 Å². The van der Waals surface area contributed by atoms with Crippen molar-refractivity contribution >= 4 is 27.5 Å². The van der Waals surface area contributed by atoms with E-state index < -0.39 is 0 Å². The molecule has 1 unspecified atom stereocenters. The molecule has 106 valence electrons. The minimum absolute atomic E-state index is 0.126. The molecule has 2 N–H and O–H groups in total. The van der Waals surface area contributed by atoms with Crippen LogP contribution in [0.3, 0.4) is 0 Å². The number of hydrogen-bond acceptors (Lipinski definition) is 2. The zero-order chi connectivity index (χ0) is 14.5. The first-order chi connectivity index (χ1) is 9.54. The van der Waals surface area contributed by atoms with Gasteiger partial charge in [-0.25, -0.2) is 0 Å². The zero-order valence-electron chi connectivity index (χ0n) is 11.3. The van der Waals surface area contributed by atoms with E-state index in [0.717, 1.165) is 22.0 Å². The average Bonchev–Trinajstić information content (AvgIpc) is 2.39. The van der Waals surface area contributed by atoms with Crippen molar-refractivity contribution in [3.8, 4) is 5.75 Å². The Morgan fingerprint density at radius 1 is 1.15 bits per heavy atom. The molecule has 0 aromatic heterocycles. The second-order valence-corrected chi connectivity index (χ2v) is 6.18. The van der Waals surface area contributed by atoms with E-state index in [4.69, 9.17) is 22.1 Å². The highest BCUT2D eigenvalue weighted by atomic mass is 79.9. The Balaban J connectivity index is 2.01. The Bertz CT molecular complexity index is 569. The highest BCUT2D eigenvalue weighted by Crippen LogP contribution is 2.27. The summed E-state index contributed by atoms with van der Waals surface area (Å²) in [5.74, 6) is 0.697. The van der Waals surface area contributed by atoms with E-state index in [0.29, 0.717) is 17.4 Å². The van der Waals surface area contributed by atoms with Crippen LogP contribution in [-0.2, 0) is 13.0 Å². The van der Waals surface area contributed by atoms with Crippen molar-refractivity contribution in [2.45, 2.75) is 26.0 Å². The van der Waals surface area contributed by atoms with Gasteiger partial charge in [-0.2, -0.15) is 0 Å². The molecule has 2 rings (SSSR count). The molecule has 0 radical (unpaired) electrons. The van der Waals surface area contributed by atoms with Crippen molar-refractivity contribution in [3.05, 3.63) is 63.1 Å². The molecule has 0 amide bonds. The van der Waals surface area contributed by atoms with Gasteiger partial charge in [-0.05, 0) is 48.7 Å². The van der Waals surface area contributed by atoms with Crippen LogP contribution < -0.4 is 10.5 Å². The molecule has 0 aliphatic carbocycles. The number of halogens is 2. The van der Waals surface area contributed by atoms with E-state index in [1.807, 2.05) is 49.4 Å². The maximum Gasteiger partial charge on any atom is 0.138 e. The molecule has 0 heterocycles. The van der Waals surface area contributed by atoms with Gasteiger partial charge in [-0.1, -0.05) is 45.7 Å². The van der Waals surface area contributed by atoms with E-state index in [9.17, 15) is 0 Å². The van der Waals surface area contributed by atoms with Crippen LogP contribution >= 0.6 is 27.5 Å². The predicted octanol–water partition coefficient (Wildman–Crippen LogP) is 4.57. The summed E-state index contributed by atoms with van der Waals surface area (Å²) in [5, 5.41) is 0.625. The van der Waals surface area contributed by atoms with Gasteiger partial charge >= 0.3 is 0 Å². The lowest BCUT2D eigenvalue weighted by Crippen LogP contribution is -2.17. The standard InChI is InChI=1S/C16H17BrClNO/c1-11(19)8-13-4-7-16(15(18)9-13)20-10-12-2-5-14(17)6-3-12/h2-7,9,11H,8,10,19H2,1H3. The number of hydrogen-bond donors (Lipinski definition) is 1. The molecule has 0 fully saturated rings. The fourth-order valence-corrected chi connectivity index (χ4v) is 2.42. The molecule has 20 heavy (non-hydrogen) atoms. The Morgan fingerprint density at radius 2 is 1.80 bits per heavy atom.